The Morgan fingerprint density at radius 3 is 2.61 bits per heavy atom. The second-order valence-electron chi connectivity index (χ2n) is 3.82. The molecule has 0 unspecified atom stereocenters. The molecule has 0 saturated heterocycles. The zero-order chi connectivity index (χ0) is 13.1. The number of nitrogens with zero attached hydrogens (tertiary/aromatic N) is 2. The lowest BCUT2D eigenvalue weighted by Crippen LogP contribution is -2.26. The monoisotopic (exact) mass is 244 g/mol. The minimum Gasteiger partial charge on any atom is -0.508 e. The van der Waals surface area contributed by atoms with Crippen LogP contribution in [0.4, 0.5) is 5.69 Å². The summed E-state index contributed by atoms with van der Waals surface area (Å²) >= 11 is 0. The third kappa shape index (κ3) is 2.40. The van der Waals surface area contributed by atoms with Crippen LogP contribution in [0.3, 0.4) is 0 Å². The molecule has 1 aromatic carbocycles. The van der Waals surface area contributed by atoms with Crippen LogP contribution < -0.4 is 4.90 Å². The van der Waals surface area contributed by atoms with Gasteiger partial charge in [-0.2, -0.15) is 0 Å². The molecular weight excluding hydrogens is 232 g/mol. The predicted octanol–water partition coefficient (Wildman–Crippen LogP) is 1.77. The van der Waals surface area contributed by atoms with Crippen molar-refractivity contribution in [1.82, 2.24) is 4.98 Å². The van der Waals surface area contributed by atoms with E-state index in [1.165, 1.54) is 35.5 Å². The van der Waals surface area contributed by atoms with Crippen LogP contribution in [0.5, 0.6) is 11.5 Å². The average Bonchev–Trinajstić information content (AvgIpc) is 2.37. The maximum absolute atomic E-state index is 12.1. The third-order valence-corrected chi connectivity index (χ3v) is 2.49. The maximum Gasteiger partial charge on any atom is 0.259 e. The normalized spacial score (nSPS) is 10.1. The minimum atomic E-state index is -0.316. The zero-order valence-corrected chi connectivity index (χ0v) is 9.74. The van der Waals surface area contributed by atoms with Crippen LogP contribution >= 0.6 is 0 Å². The lowest BCUT2D eigenvalue weighted by Gasteiger charge is -2.17. The van der Waals surface area contributed by atoms with Crippen molar-refractivity contribution in [2.45, 2.75) is 0 Å². The first-order valence-electron chi connectivity index (χ1n) is 5.29. The van der Waals surface area contributed by atoms with E-state index in [0.29, 0.717) is 5.69 Å². The highest BCUT2D eigenvalue weighted by Crippen LogP contribution is 2.21. The number of amides is 1. The van der Waals surface area contributed by atoms with Gasteiger partial charge >= 0.3 is 0 Å². The smallest absolute Gasteiger partial charge is 0.259 e. The quantitative estimate of drug-likeness (QED) is 0.844. The van der Waals surface area contributed by atoms with Crippen molar-refractivity contribution in [1.29, 1.82) is 0 Å². The van der Waals surface area contributed by atoms with E-state index in [9.17, 15) is 15.0 Å². The number of aromatic nitrogens is 1. The van der Waals surface area contributed by atoms with Gasteiger partial charge in [0.05, 0.1) is 11.8 Å². The summed E-state index contributed by atoms with van der Waals surface area (Å²) in [6, 6.07) is 7.70. The van der Waals surface area contributed by atoms with E-state index < -0.39 is 0 Å². The highest BCUT2D eigenvalue weighted by molar-refractivity contribution is 6.05. The van der Waals surface area contributed by atoms with Crippen LogP contribution in [-0.2, 0) is 0 Å². The molecule has 0 aliphatic rings. The molecule has 5 nitrogen and oxygen atoms in total. The number of hydrogen-bond donors (Lipinski definition) is 2. The number of phenols is 1. The molecule has 2 aromatic rings. The molecule has 0 spiro atoms. The molecule has 0 radical (unpaired) electrons. The fourth-order valence-electron chi connectivity index (χ4n) is 1.56. The first-order chi connectivity index (χ1) is 8.58. The van der Waals surface area contributed by atoms with Gasteiger partial charge in [0.25, 0.3) is 5.91 Å². The number of hydrogen-bond acceptors (Lipinski definition) is 4. The van der Waals surface area contributed by atoms with Crippen molar-refractivity contribution >= 4 is 11.6 Å². The summed E-state index contributed by atoms with van der Waals surface area (Å²) < 4.78 is 0. The molecular formula is C13H12N2O3. The summed E-state index contributed by atoms with van der Waals surface area (Å²) in [5.74, 6) is -0.296. The molecule has 0 atom stereocenters. The number of carbonyl (C=O) groups is 1. The van der Waals surface area contributed by atoms with Crippen LogP contribution in [0.25, 0.3) is 0 Å². The molecule has 1 aromatic heterocycles. The molecule has 1 amide bonds. The van der Waals surface area contributed by atoms with Gasteiger partial charge in [0.1, 0.15) is 11.5 Å². The Morgan fingerprint density at radius 1 is 1.17 bits per heavy atom. The maximum atomic E-state index is 12.1. The average molecular weight is 244 g/mol. The summed E-state index contributed by atoms with van der Waals surface area (Å²) in [5.41, 5.74) is 0.837. The molecule has 0 aliphatic heterocycles. The highest BCUT2D eigenvalue weighted by atomic mass is 16.3. The number of pyridine rings is 1. The van der Waals surface area contributed by atoms with E-state index in [-0.39, 0.29) is 23.0 Å². The first kappa shape index (κ1) is 11.9. The Bertz CT molecular complexity index is 584. The van der Waals surface area contributed by atoms with E-state index in [0.717, 1.165) is 0 Å². The Hall–Kier alpha value is -2.56. The molecule has 92 valence electrons. The number of carbonyl (C=O) groups excluding carboxylic acids is 1. The van der Waals surface area contributed by atoms with Gasteiger partial charge in [-0.05, 0) is 18.2 Å². The Balaban J connectivity index is 2.29. The fourth-order valence-corrected chi connectivity index (χ4v) is 1.56. The third-order valence-electron chi connectivity index (χ3n) is 2.49. The van der Waals surface area contributed by atoms with Crippen molar-refractivity contribution < 1.29 is 15.0 Å². The van der Waals surface area contributed by atoms with Crippen LogP contribution in [0.1, 0.15) is 10.4 Å². The Labute approximate surface area is 104 Å². The Morgan fingerprint density at radius 2 is 1.94 bits per heavy atom. The summed E-state index contributed by atoms with van der Waals surface area (Å²) in [6.45, 7) is 0. The minimum absolute atomic E-state index is 0.0647. The van der Waals surface area contributed by atoms with Crippen LogP contribution in [0.15, 0.2) is 42.7 Å². The van der Waals surface area contributed by atoms with E-state index in [4.69, 9.17) is 0 Å². The molecule has 0 fully saturated rings. The summed E-state index contributed by atoms with van der Waals surface area (Å²) in [4.78, 5) is 17.2. The van der Waals surface area contributed by atoms with Gasteiger partial charge in [0, 0.05) is 25.0 Å². The van der Waals surface area contributed by atoms with Crippen LogP contribution in [0.2, 0.25) is 0 Å². The van der Waals surface area contributed by atoms with Crippen molar-refractivity contribution in [3.05, 3.63) is 48.3 Å². The number of phenolic OH excluding ortho intramolecular Hbond substituents is 1. The van der Waals surface area contributed by atoms with Gasteiger partial charge in [-0.3, -0.25) is 9.78 Å². The second kappa shape index (κ2) is 4.75. The van der Waals surface area contributed by atoms with Crippen molar-refractivity contribution in [2.75, 3.05) is 11.9 Å². The van der Waals surface area contributed by atoms with Crippen LogP contribution in [-0.4, -0.2) is 28.2 Å². The van der Waals surface area contributed by atoms with E-state index in [2.05, 4.69) is 4.98 Å². The van der Waals surface area contributed by atoms with Gasteiger partial charge in [0.15, 0.2) is 0 Å². The first-order valence-corrected chi connectivity index (χ1v) is 5.29. The van der Waals surface area contributed by atoms with Gasteiger partial charge in [-0.25, -0.2) is 0 Å². The number of benzene rings is 1. The molecule has 5 heteroatoms. The molecule has 0 bridgehead atoms. The lowest BCUT2D eigenvalue weighted by atomic mass is 10.2. The van der Waals surface area contributed by atoms with Gasteiger partial charge in [0.2, 0.25) is 0 Å². The zero-order valence-electron chi connectivity index (χ0n) is 9.74. The van der Waals surface area contributed by atoms with Crippen LogP contribution in [0, 0.1) is 0 Å². The second-order valence-corrected chi connectivity index (χ2v) is 3.82. The fraction of sp³-hybridized carbons (Fsp3) is 0.0769. The lowest BCUT2D eigenvalue weighted by molar-refractivity contribution is 0.0992. The van der Waals surface area contributed by atoms with E-state index in [1.807, 2.05) is 0 Å². The summed E-state index contributed by atoms with van der Waals surface area (Å²) in [5, 5.41) is 18.7. The van der Waals surface area contributed by atoms with Crippen molar-refractivity contribution in [3.63, 3.8) is 0 Å². The highest BCUT2D eigenvalue weighted by Gasteiger charge is 2.14. The largest absolute Gasteiger partial charge is 0.508 e. The van der Waals surface area contributed by atoms with Gasteiger partial charge in [-0.15, -0.1) is 0 Å². The number of anilines is 1. The van der Waals surface area contributed by atoms with Crippen molar-refractivity contribution in [2.24, 2.45) is 0 Å². The Kier molecular flexibility index (Phi) is 3.14. The number of rotatable bonds is 2. The molecule has 2 rings (SSSR count). The summed E-state index contributed by atoms with van der Waals surface area (Å²) in [7, 11) is 1.58. The molecule has 0 saturated carbocycles. The van der Waals surface area contributed by atoms with E-state index >= 15 is 0 Å². The number of aromatic hydroxyl groups is 2. The molecule has 18 heavy (non-hydrogen) atoms. The topological polar surface area (TPSA) is 73.7 Å². The van der Waals surface area contributed by atoms with E-state index in [1.54, 1.807) is 19.2 Å². The standard InChI is InChI=1S/C13H12N2O3/c1-15(10-3-2-4-11(16)6-10)13(18)9-5-12(17)8-14-7-9/h2-8,16-17H,1H3. The molecule has 2 N–H and O–H groups in total. The molecule has 0 aliphatic carbocycles. The molecule has 1 heterocycles. The van der Waals surface area contributed by atoms with Crippen molar-refractivity contribution in [3.8, 4) is 11.5 Å². The summed E-state index contributed by atoms with van der Waals surface area (Å²) in [6.07, 6.45) is 2.63. The van der Waals surface area contributed by atoms with Gasteiger partial charge in [-0.1, -0.05) is 6.07 Å². The van der Waals surface area contributed by atoms with Gasteiger partial charge < -0.3 is 15.1 Å². The SMILES string of the molecule is CN(C(=O)c1cncc(O)c1)c1cccc(O)c1. The predicted molar refractivity (Wildman–Crippen MR) is 66.7 cm³/mol.